The van der Waals surface area contributed by atoms with Crippen LogP contribution < -0.4 is 5.56 Å². The number of hydrogen-bond donors (Lipinski definition) is 1. The van der Waals surface area contributed by atoms with E-state index >= 15 is 0 Å². The molecule has 0 spiro atoms. The van der Waals surface area contributed by atoms with Gasteiger partial charge in [-0.2, -0.15) is 0 Å². The average molecular weight is 258 g/mol. The van der Waals surface area contributed by atoms with Gasteiger partial charge in [-0.1, -0.05) is 51.1 Å². The highest BCUT2D eigenvalue weighted by atomic mass is 16.1. The third kappa shape index (κ3) is 2.50. The molecule has 0 unspecified atom stereocenters. The van der Waals surface area contributed by atoms with Crippen LogP contribution >= 0.6 is 0 Å². The molecule has 0 aliphatic rings. The lowest BCUT2D eigenvalue weighted by Crippen LogP contribution is -2.27. The second-order valence-corrected chi connectivity index (χ2v) is 6.25. The Morgan fingerprint density at radius 1 is 1.11 bits per heavy atom. The topological polar surface area (TPSA) is 37.8 Å². The van der Waals surface area contributed by atoms with E-state index in [2.05, 4.69) is 25.9 Å². The van der Waals surface area contributed by atoms with E-state index in [1.165, 1.54) is 0 Å². The van der Waals surface area contributed by atoms with Gasteiger partial charge in [-0.3, -0.25) is 9.89 Å². The van der Waals surface area contributed by atoms with Crippen molar-refractivity contribution < 1.29 is 0 Å². The molecular weight excluding hydrogens is 236 g/mol. The summed E-state index contributed by atoms with van der Waals surface area (Å²) in [4.78, 5) is 12.6. The van der Waals surface area contributed by atoms with Crippen LogP contribution in [0.25, 0.3) is 11.3 Å². The van der Waals surface area contributed by atoms with Gasteiger partial charge >= 0.3 is 0 Å². The van der Waals surface area contributed by atoms with Crippen molar-refractivity contribution in [3.05, 3.63) is 46.2 Å². The maximum Gasteiger partial charge on any atom is 0.271 e. The van der Waals surface area contributed by atoms with E-state index < -0.39 is 0 Å². The summed E-state index contributed by atoms with van der Waals surface area (Å²) in [5.41, 5.74) is 2.75. The Balaban J connectivity index is 2.74. The van der Waals surface area contributed by atoms with Crippen molar-refractivity contribution in [2.75, 3.05) is 0 Å². The molecule has 2 rings (SSSR count). The fourth-order valence-electron chi connectivity index (χ4n) is 2.33. The number of nitrogens with zero attached hydrogens (tertiary/aromatic N) is 1. The molecule has 0 aliphatic heterocycles. The highest BCUT2D eigenvalue weighted by Crippen LogP contribution is 2.29. The highest BCUT2D eigenvalue weighted by Gasteiger charge is 2.26. The monoisotopic (exact) mass is 258 g/mol. The molecule has 0 saturated heterocycles. The van der Waals surface area contributed by atoms with E-state index in [0.717, 1.165) is 16.8 Å². The van der Waals surface area contributed by atoms with Crippen LogP contribution in [0.4, 0.5) is 0 Å². The van der Waals surface area contributed by atoms with Gasteiger partial charge in [0.2, 0.25) is 0 Å². The molecular formula is C16H22N2O. The fraction of sp³-hybridized carbons (Fsp3) is 0.438. The molecule has 0 bridgehead atoms. The molecule has 1 heterocycles. The third-order valence-corrected chi connectivity index (χ3v) is 3.24. The van der Waals surface area contributed by atoms with E-state index in [0.29, 0.717) is 0 Å². The van der Waals surface area contributed by atoms with Crippen molar-refractivity contribution in [3.63, 3.8) is 0 Å². The molecule has 0 saturated carbocycles. The quantitative estimate of drug-likeness (QED) is 0.875. The number of aromatic nitrogens is 2. The van der Waals surface area contributed by atoms with E-state index in [4.69, 9.17) is 0 Å². The van der Waals surface area contributed by atoms with Crippen LogP contribution in [0.15, 0.2) is 35.1 Å². The molecule has 0 aliphatic carbocycles. The largest absolute Gasteiger partial charge is 0.294 e. The van der Waals surface area contributed by atoms with Gasteiger partial charge < -0.3 is 0 Å². The van der Waals surface area contributed by atoms with E-state index in [-0.39, 0.29) is 17.0 Å². The Morgan fingerprint density at radius 2 is 1.68 bits per heavy atom. The molecule has 0 amide bonds. The summed E-state index contributed by atoms with van der Waals surface area (Å²) in [5.74, 6) is 0. The highest BCUT2D eigenvalue weighted by molar-refractivity contribution is 5.64. The molecule has 3 heteroatoms. The molecule has 1 aromatic carbocycles. The second-order valence-electron chi connectivity index (χ2n) is 6.25. The molecule has 1 aromatic heterocycles. The molecule has 1 N–H and O–H groups in total. The van der Waals surface area contributed by atoms with Crippen LogP contribution in [0.5, 0.6) is 0 Å². The summed E-state index contributed by atoms with van der Waals surface area (Å²) < 4.78 is 1.71. The van der Waals surface area contributed by atoms with Gasteiger partial charge in [-0.05, 0) is 24.8 Å². The smallest absolute Gasteiger partial charge is 0.271 e. The van der Waals surface area contributed by atoms with Crippen LogP contribution in [0.2, 0.25) is 0 Å². The van der Waals surface area contributed by atoms with Crippen molar-refractivity contribution in [1.29, 1.82) is 0 Å². The van der Waals surface area contributed by atoms with Gasteiger partial charge in [0, 0.05) is 11.6 Å². The number of benzene rings is 1. The van der Waals surface area contributed by atoms with Gasteiger partial charge in [-0.15, -0.1) is 0 Å². The van der Waals surface area contributed by atoms with E-state index in [1.54, 1.807) is 4.68 Å². The lowest BCUT2D eigenvalue weighted by atomic mass is 9.85. The Kier molecular flexibility index (Phi) is 3.40. The first-order valence-electron chi connectivity index (χ1n) is 6.72. The first-order chi connectivity index (χ1) is 8.82. The summed E-state index contributed by atoms with van der Waals surface area (Å²) >= 11 is 0. The number of hydrogen-bond acceptors (Lipinski definition) is 1. The zero-order chi connectivity index (χ0) is 14.2. The van der Waals surface area contributed by atoms with Crippen molar-refractivity contribution in [2.24, 2.45) is 0 Å². The number of nitrogens with one attached hydrogen (secondary N) is 1. The van der Waals surface area contributed by atoms with E-state index in [9.17, 15) is 4.79 Å². The minimum absolute atomic E-state index is 0.0846. The first-order valence-corrected chi connectivity index (χ1v) is 6.72. The maximum absolute atomic E-state index is 12.6. The fourth-order valence-corrected chi connectivity index (χ4v) is 2.33. The van der Waals surface area contributed by atoms with Crippen LogP contribution in [-0.2, 0) is 5.41 Å². The van der Waals surface area contributed by atoms with Crippen molar-refractivity contribution >= 4 is 0 Å². The third-order valence-electron chi connectivity index (χ3n) is 3.24. The van der Waals surface area contributed by atoms with Gasteiger partial charge in [0.15, 0.2) is 0 Å². The summed E-state index contributed by atoms with van der Waals surface area (Å²) in [5, 5.41) is 3.28. The lowest BCUT2D eigenvalue weighted by Gasteiger charge is -2.17. The normalized spacial score (nSPS) is 12.1. The SMILES string of the molecule is CC(C)n1[nH]c(-c2ccccc2)c(C(C)(C)C)c1=O. The summed E-state index contributed by atoms with van der Waals surface area (Å²) in [6.07, 6.45) is 0. The average Bonchev–Trinajstić information content (AvgIpc) is 2.68. The van der Waals surface area contributed by atoms with Gasteiger partial charge in [0.25, 0.3) is 5.56 Å². The molecule has 19 heavy (non-hydrogen) atoms. The minimum Gasteiger partial charge on any atom is -0.294 e. The number of H-pyrrole nitrogens is 1. The second kappa shape index (κ2) is 4.72. The van der Waals surface area contributed by atoms with Crippen molar-refractivity contribution in [1.82, 2.24) is 9.78 Å². The maximum atomic E-state index is 12.6. The predicted octanol–water partition coefficient (Wildman–Crippen LogP) is 3.72. The van der Waals surface area contributed by atoms with Crippen molar-refractivity contribution in [2.45, 2.75) is 46.1 Å². The van der Waals surface area contributed by atoms with E-state index in [1.807, 2.05) is 44.2 Å². The Morgan fingerprint density at radius 3 is 2.16 bits per heavy atom. The van der Waals surface area contributed by atoms with Crippen molar-refractivity contribution in [3.8, 4) is 11.3 Å². The molecule has 0 atom stereocenters. The van der Waals surface area contributed by atoms with Crippen LogP contribution in [0.1, 0.15) is 46.2 Å². The first kappa shape index (κ1) is 13.7. The molecule has 3 nitrogen and oxygen atoms in total. The zero-order valence-corrected chi connectivity index (χ0v) is 12.3. The number of aromatic amines is 1. The Bertz CT molecular complexity index is 612. The summed E-state index contributed by atoms with van der Waals surface area (Å²) in [7, 11) is 0. The lowest BCUT2D eigenvalue weighted by molar-refractivity contribution is 0.510. The van der Waals surface area contributed by atoms with Gasteiger partial charge in [0.1, 0.15) is 0 Å². The van der Waals surface area contributed by atoms with Crippen LogP contribution in [0, 0.1) is 0 Å². The molecule has 102 valence electrons. The minimum atomic E-state index is -0.182. The Hall–Kier alpha value is -1.77. The molecule has 2 aromatic rings. The predicted molar refractivity (Wildman–Crippen MR) is 79.6 cm³/mol. The molecule has 0 radical (unpaired) electrons. The summed E-state index contributed by atoms with van der Waals surface area (Å²) in [6, 6.07) is 10.2. The zero-order valence-electron chi connectivity index (χ0n) is 12.3. The Labute approximate surface area is 114 Å². The summed E-state index contributed by atoms with van der Waals surface area (Å²) in [6.45, 7) is 10.3. The van der Waals surface area contributed by atoms with Gasteiger partial charge in [-0.25, -0.2) is 4.68 Å². The van der Waals surface area contributed by atoms with Gasteiger partial charge in [0.05, 0.1) is 5.69 Å². The standard InChI is InChI=1S/C16H22N2O/c1-11(2)18-15(19)13(16(3,4)5)14(17-18)12-9-7-6-8-10-12/h6-11,17H,1-5H3. The van der Waals surface area contributed by atoms with Crippen LogP contribution in [-0.4, -0.2) is 9.78 Å². The van der Waals surface area contributed by atoms with Crippen LogP contribution in [0.3, 0.4) is 0 Å². The number of rotatable bonds is 2. The molecule has 0 fully saturated rings.